The third kappa shape index (κ3) is 3.23. The van der Waals surface area contributed by atoms with Gasteiger partial charge in [-0.1, -0.05) is 23.2 Å². The molecule has 1 heterocycles. The molecule has 2 aromatic rings. The van der Waals surface area contributed by atoms with Crippen LogP contribution in [-0.2, 0) is 0 Å². The number of nitrogens with one attached hydrogen (secondary N) is 2. The van der Waals surface area contributed by atoms with Crippen molar-refractivity contribution in [3.63, 3.8) is 0 Å². The van der Waals surface area contributed by atoms with Crippen molar-refractivity contribution in [3.8, 4) is 0 Å². The van der Waals surface area contributed by atoms with Gasteiger partial charge in [-0.3, -0.25) is 5.43 Å². The molecular formula is C10H8BrCl2N5. The number of nitrogens with zero attached hydrogens (tertiary/aromatic N) is 2. The lowest BCUT2D eigenvalue weighted by Crippen LogP contribution is -2.11. The SMILES string of the molecule is NNc1ncc(Br)c(Nc2cc(Cl)cc(Cl)c2)n1. The number of hydrogen-bond donors (Lipinski definition) is 3. The molecule has 0 radical (unpaired) electrons. The highest BCUT2D eigenvalue weighted by Gasteiger charge is 2.06. The van der Waals surface area contributed by atoms with Gasteiger partial charge in [-0.05, 0) is 34.1 Å². The van der Waals surface area contributed by atoms with E-state index >= 15 is 0 Å². The summed E-state index contributed by atoms with van der Waals surface area (Å²) in [4.78, 5) is 8.10. The molecule has 0 spiro atoms. The van der Waals surface area contributed by atoms with Crippen molar-refractivity contribution < 1.29 is 0 Å². The molecule has 8 heteroatoms. The Morgan fingerprint density at radius 3 is 2.44 bits per heavy atom. The van der Waals surface area contributed by atoms with Crippen LogP contribution in [0, 0.1) is 0 Å². The van der Waals surface area contributed by atoms with E-state index in [4.69, 9.17) is 29.0 Å². The van der Waals surface area contributed by atoms with Gasteiger partial charge in [-0.2, -0.15) is 4.98 Å². The molecule has 94 valence electrons. The number of nitrogen functional groups attached to an aromatic ring is 1. The summed E-state index contributed by atoms with van der Waals surface area (Å²) in [6.45, 7) is 0. The van der Waals surface area contributed by atoms with Crippen molar-refractivity contribution in [2.45, 2.75) is 0 Å². The second kappa shape index (κ2) is 5.71. The third-order valence-electron chi connectivity index (χ3n) is 2.00. The zero-order valence-corrected chi connectivity index (χ0v) is 12.0. The summed E-state index contributed by atoms with van der Waals surface area (Å²) < 4.78 is 0.692. The Morgan fingerprint density at radius 2 is 1.83 bits per heavy atom. The fourth-order valence-electron chi connectivity index (χ4n) is 1.29. The minimum absolute atomic E-state index is 0.300. The predicted octanol–water partition coefficient (Wildman–Crippen LogP) is 3.58. The first kappa shape index (κ1) is 13.4. The minimum Gasteiger partial charge on any atom is -0.339 e. The smallest absolute Gasteiger partial charge is 0.239 e. The molecule has 0 saturated heterocycles. The molecule has 0 atom stereocenters. The van der Waals surface area contributed by atoms with Crippen molar-refractivity contribution in [2.75, 3.05) is 10.7 Å². The van der Waals surface area contributed by atoms with E-state index in [1.54, 1.807) is 24.4 Å². The highest BCUT2D eigenvalue weighted by atomic mass is 79.9. The van der Waals surface area contributed by atoms with E-state index in [0.29, 0.717) is 26.3 Å². The maximum atomic E-state index is 5.91. The Morgan fingerprint density at radius 1 is 1.17 bits per heavy atom. The van der Waals surface area contributed by atoms with Gasteiger partial charge in [-0.15, -0.1) is 0 Å². The average Bonchev–Trinajstić information content (AvgIpc) is 2.30. The summed E-state index contributed by atoms with van der Waals surface area (Å²) in [5, 5.41) is 4.14. The van der Waals surface area contributed by atoms with Crippen LogP contribution in [0.3, 0.4) is 0 Å². The van der Waals surface area contributed by atoms with Crippen LogP contribution < -0.4 is 16.6 Å². The number of hydrogen-bond acceptors (Lipinski definition) is 5. The fraction of sp³-hybridized carbons (Fsp3) is 0. The molecule has 2 rings (SSSR count). The lowest BCUT2D eigenvalue weighted by Gasteiger charge is -2.09. The Kier molecular flexibility index (Phi) is 4.23. The maximum absolute atomic E-state index is 5.91. The van der Waals surface area contributed by atoms with Gasteiger partial charge in [0.25, 0.3) is 0 Å². The van der Waals surface area contributed by atoms with Crippen molar-refractivity contribution in [3.05, 3.63) is 38.9 Å². The van der Waals surface area contributed by atoms with Crippen molar-refractivity contribution >= 4 is 56.6 Å². The largest absolute Gasteiger partial charge is 0.339 e. The number of hydrazine groups is 1. The first-order valence-electron chi connectivity index (χ1n) is 4.81. The fourth-order valence-corrected chi connectivity index (χ4v) is 2.10. The molecule has 5 nitrogen and oxygen atoms in total. The van der Waals surface area contributed by atoms with E-state index in [1.807, 2.05) is 0 Å². The summed E-state index contributed by atoms with van der Waals surface area (Å²) in [6.07, 6.45) is 1.58. The zero-order chi connectivity index (χ0) is 13.1. The van der Waals surface area contributed by atoms with Gasteiger partial charge in [0, 0.05) is 21.9 Å². The summed E-state index contributed by atoms with van der Waals surface area (Å²) >= 11 is 15.2. The minimum atomic E-state index is 0.300. The molecule has 1 aromatic heterocycles. The topological polar surface area (TPSA) is 75.9 Å². The molecule has 4 N–H and O–H groups in total. The molecule has 1 aromatic carbocycles. The van der Waals surface area contributed by atoms with Crippen LogP contribution in [-0.4, -0.2) is 9.97 Å². The quantitative estimate of drug-likeness (QED) is 0.584. The molecule has 0 fully saturated rings. The highest BCUT2D eigenvalue weighted by Crippen LogP contribution is 2.28. The van der Waals surface area contributed by atoms with Crippen LogP contribution in [0.5, 0.6) is 0 Å². The number of benzene rings is 1. The second-order valence-electron chi connectivity index (χ2n) is 3.32. The van der Waals surface area contributed by atoms with Crippen LogP contribution in [0.4, 0.5) is 17.5 Å². The first-order chi connectivity index (χ1) is 8.58. The molecule has 0 unspecified atom stereocenters. The Bertz CT molecular complexity index is 558. The van der Waals surface area contributed by atoms with E-state index in [-0.39, 0.29) is 0 Å². The Hall–Kier alpha value is -1.08. The molecule has 0 saturated carbocycles. The summed E-state index contributed by atoms with van der Waals surface area (Å²) in [5.41, 5.74) is 3.09. The predicted molar refractivity (Wildman–Crippen MR) is 77.3 cm³/mol. The number of halogens is 3. The number of rotatable bonds is 3. The van der Waals surface area contributed by atoms with Crippen molar-refractivity contribution in [1.29, 1.82) is 0 Å². The monoisotopic (exact) mass is 347 g/mol. The lowest BCUT2D eigenvalue weighted by atomic mass is 10.3. The van der Waals surface area contributed by atoms with Gasteiger partial charge >= 0.3 is 0 Å². The van der Waals surface area contributed by atoms with Crippen LogP contribution >= 0.6 is 39.1 Å². The second-order valence-corrected chi connectivity index (χ2v) is 5.04. The maximum Gasteiger partial charge on any atom is 0.239 e. The number of anilines is 3. The van der Waals surface area contributed by atoms with E-state index in [0.717, 1.165) is 5.69 Å². The Balaban J connectivity index is 2.33. The third-order valence-corrected chi connectivity index (χ3v) is 3.02. The Labute approximate surface area is 122 Å². The van der Waals surface area contributed by atoms with Gasteiger partial charge in [0.2, 0.25) is 5.95 Å². The molecule has 0 aliphatic heterocycles. The molecule has 18 heavy (non-hydrogen) atoms. The molecule has 0 bridgehead atoms. The van der Waals surface area contributed by atoms with Crippen LogP contribution in [0.2, 0.25) is 10.0 Å². The van der Waals surface area contributed by atoms with Gasteiger partial charge < -0.3 is 5.32 Å². The van der Waals surface area contributed by atoms with Crippen molar-refractivity contribution in [2.24, 2.45) is 5.84 Å². The normalized spacial score (nSPS) is 10.2. The van der Waals surface area contributed by atoms with E-state index in [9.17, 15) is 0 Å². The summed E-state index contributed by atoms with van der Waals surface area (Å²) in [7, 11) is 0. The van der Waals surface area contributed by atoms with E-state index < -0.39 is 0 Å². The number of aromatic nitrogens is 2. The van der Waals surface area contributed by atoms with E-state index in [1.165, 1.54) is 0 Å². The molecule has 0 aliphatic carbocycles. The van der Waals surface area contributed by atoms with Gasteiger partial charge in [0.05, 0.1) is 4.47 Å². The zero-order valence-electron chi connectivity index (χ0n) is 8.92. The lowest BCUT2D eigenvalue weighted by molar-refractivity contribution is 1.11. The number of nitrogens with two attached hydrogens (primary N) is 1. The molecule has 0 aliphatic rings. The summed E-state index contributed by atoms with van der Waals surface area (Å²) in [5.74, 6) is 6.10. The van der Waals surface area contributed by atoms with Gasteiger partial charge in [0.1, 0.15) is 5.82 Å². The van der Waals surface area contributed by atoms with Gasteiger partial charge in [0.15, 0.2) is 0 Å². The van der Waals surface area contributed by atoms with Gasteiger partial charge in [-0.25, -0.2) is 10.8 Å². The first-order valence-corrected chi connectivity index (χ1v) is 6.35. The van der Waals surface area contributed by atoms with Crippen LogP contribution in [0.15, 0.2) is 28.9 Å². The standard InChI is InChI=1S/C10H8BrCl2N5/c11-8-4-15-10(18-14)17-9(8)16-7-2-5(12)1-6(13)3-7/h1-4H,14H2,(H2,15,16,17,18). The van der Waals surface area contributed by atoms with Crippen LogP contribution in [0.25, 0.3) is 0 Å². The highest BCUT2D eigenvalue weighted by molar-refractivity contribution is 9.10. The van der Waals surface area contributed by atoms with Crippen LogP contribution in [0.1, 0.15) is 0 Å². The molecular weight excluding hydrogens is 341 g/mol. The summed E-state index contributed by atoms with van der Waals surface area (Å²) in [6, 6.07) is 5.12. The average molecular weight is 349 g/mol. The van der Waals surface area contributed by atoms with E-state index in [2.05, 4.69) is 36.6 Å². The molecule has 0 amide bonds. The van der Waals surface area contributed by atoms with Crippen molar-refractivity contribution in [1.82, 2.24) is 9.97 Å².